The van der Waals surface area contributed by atoms with E-state index in [1.165, 1.54) is 38.1 Å². The van der Waals surface area contributed by atoms with Crippen molar-refractivity contribution < 1.29 is 0 Å². The second-order valence-electron chi connectivity index (χ2n) is 14.0. The molecule has 0 amide bonds. The summed E-state index contributed by atoms with van der Waals surface area (Å²) in [7, 11) is 0. The van der Waals surface area contributed by atoms with Gasteiger partial charge in [-0.2, -0.15) is 0 Å². The predicted molar refractivity (Wildman–Crippen MR) is 227 cm³/mol. The van der Waals surface area contributed by atoms with Crippen LogP contribution in [0.15, 0.2) is 199 Å². The van der Waals surface area contributed by atoms with E-state index in [0.29, 0.717) is 16.7 Å². The molecule has 55 heavy (non-hydrogen) atoms. The van der Waals surface area contributed by atoms with Gasteiger partial charge in [0.25, 0.3) is 5.56 Å². The molecule has 258 valence electrons. The zero-order valence-corrected chi connectivity index (χ0v) is 29.7. The largest absolute Gasteiger partial charge is 0.309 e. The van der Waals surface area contributed by atoms with E-state index < -0.39 is 0 Å². The van der Waals surface area contributed by atoms with Crippen LogP contribution in [0.5, 0.6) is 0 Å². The van der Waals surface area contributed by atoms with E-state index in [9.17, 15) is 4.79 Å². The van der Waals surface area contributed by atoms with E-state index in [1.54, 1.807) is 4.57 Å². The molecule has 3 aromatic heterocycles. The van der Waals surface area contributed by atoms with Crippen molar-refractivity contribution in [3.05, 3.63) is 204 Å². The Labute approximate surface area is 316 Å². The number of benzene rings is 8. The highest BCUT2D eigenvalue weighted by Gasteiger charge is 2.18. The van der Waals surface area contributed by atoms with Gasteiger partial charge >= 0.3 is 0 Å². The van der Waals surface area contributed by atoms with Crippen LogP contribution in [0, 0.1) is 0 Å². The molecule has 0 radical (unpaired) electrons. The topological polar surface area (TPSA) is 44.8 Å². The maximum atomic E-state index is 14.3. The summed E-state index contributed by atoms with van der Waals surface area (Å²) in [6, 6.07) is 67.1. The predicted octanol–water partition coefficient (Wildman–Crippen LogP) is 11.9. The summed E-state index contributed by atoms with van der Waals surface area (Å²) in [5.41, 5.74) is 11.2. The highest BCUT2D eigenvalue weighted by atomic mass is 16.1. The molecule has 0 aliphatic rings. The molecule has 0 atom stereocenters. The Morgan fingerprint density at radius 2 is 0.800 bits per heavy atom. The Balaban J connectivity index is 1.08. The summed E-state index contributed by atoms with van der Waals surface area (Å²) in [6.45, 7) is 0. The van der Waals surface area contributed by atoms with Gasteiger partial charge in [0.15, 0.2) is 0 Å². The molecule has 0 unspecified atom stereocenters. The quantitative estimate of drug-likeness (QED) is 0.179. The number of hydrogen-bond donors (Lipinski definition) is 0. The molecule has 0 saturated carbocycles. The molecule has 0 aliphatic heterocycles. The fraction of sp³-hybridized carbons (Fsp3) is 0. The van der Waals surface area contributed by atoms with Gasteiger partial charge in [-0.25, -0.2) is 4.98 Å². The van der Waals surface area contributed by atoms with Crippen molar-refractivity contribution >= 4 is 54.5 Å². The van der Waals surface area contributed by atoms with Crippen molar-refractivity contribution in [2.45, 2.75) is 0 Å². The minimum Gasteiger partial charge on any atom is -0.309 e. The Morgan fingerprint density at radius 1 is 0.327 bits per heavy atom. The third-order valence-electron chi connectivity index (χ3n) is 10.8. The van der Waals surface area contributed by atoms with Crippen LogP contribution in [0.25, 0.3) is 94.1 Å². The second kappa shape index (κ2) is 12.3. The van der Waals surface area contributed by atoms with Crippen LogP contribution >= 0.6 is 0 Å². The van der Waals surface area contributed by atoms with Crippen molar-refractivity contribution in [3.8, 4) is 39.6 Å². The van der Waals surface area contributed by atoms with Gasteiger partial charge in [0.1, 0.15) is 5.82 Å². The fourth-order valence-electron chi connectivity index (χ4n) is 8.36. The van der Waals surface area contributed by atoms with Crippen LogP contribution in [-0.2, 0) is 0 Å². The first-order valence-electron chi connectivity index (χ1n) is 18.5. The van der Waals surface area contributed by atoms with Crippen molar-refractivity contribution in [1.29, 1.82) is 0 Å². The monoisotopic (exact) mass is 704 g/mol. The molecule has 11 aromatic rings. The molecule has 0 N–H and O–H groups in total. The molecular weight excluding hydrogens is 673 g/mol. The van der Waals surface area contributed by atoms with E-state index >= 15 is 0 Å². The number of rotatable bonds is 5. The van der Waals surface area contributed by atoms with Gasteiger partial charge in [0, 0.05) is 38.5 Å². The van der Waals surface area contributed by atoms with Crippen molar-refractivity contribution in [2.24, 2.45) is 0 Å². The Kier molecular flexibility index (Phi) is 6.94. The summed E-state index contributed by atoms with van der Waals surface area (Å²) in [5, 5.41) is 5.38. The highest BCUT2D eigenvalue weighted by molar-refractivity contribution is 6.12. The maximum absolute atomic E-state index is 14.3. The first-order valence-corrected chi connectivity index (χ1v) is 18.5. The smallest absolute Gasteiger partial charge is 0.266 e. The van der Waals surface area contributed by atoms with E-state index in [-0.39, 0.29) is 5.56 Å². The lowest BCUT2D eigenvalue weighted by Gasteiger charge is -2.16. The van der Waals surface area contributed by atoms with Crippen LogP contribution in [0.2, 0.25) is 0 Å². The number of hydrogen-bond acceptors (Lipinski definition) is 2. The SMILES string of the molecule is O=c1c2ccccc2nc(-c2ccccc2)n1-c1cccc(-n2c3ccccc3c3cc(-c4ccc5c(c4)c4ccccc4n5-c4ccccc4)ccc32)c1. The molecule has 0 aliphatic carbocycles. The van der Waals surface area contributed by atoms with E-state index in [4.69, 9.17) is 4.98 Å². The van der Waals surface area contributed by atoms with Crippen LogP contribution < -0.4 is 5.56 Å². The van der Waals surface area contributed by atoms with Gasteiger partial charge in [0.05, 0.1) is 38.7 Å². The lowest BCUT2D eigenvalue weighted by atomic mass is 10.0. The fourth-order valence-corrected chi connectivity index (χ4v) is 8.36. The minimum absolute atomic E-state index is 0.0997. The summed E-state index contributed by atoms with van der Waals surface area (Å²) in [4.78, 5) is 19.3. The van der Waals surface area contributed by atoms with Gasteiger partial charge < -0.3 is 9.13 Å². The first kappa shape index (κ1) is 31.1. The molecule has 3 heterocycles. The van der Waals surface area contributed by atoms with Gasteiger partial charge in [-0.3, -0.25) is 9.36 Å². The van der Waals surface area contributed by atoms with E-state index in [1.807, 2.05) is 66.7 Å². The van der Waals surface area contributed by atoms with Crippen molar-refractivity contribution in [2.75, 3.05) is 0 Å². The molecule has 0 fully saturated rings. The molecule has 0 spiro atoms. The van der Waals surface area contributed by atoms with Crippen LogP contribution in [0.1, 0.15) is 0 Å². The second-order valence-corrected chi connectivity index (χ2v) is 14.0. The Bertz CT molecular complexity index is 3340. The summed E-state index contributed by atoms with van der Waals surface area (Å²) in [5.74, 6) is 0.608. The molecule has 0 bridgehead atoms. The molecule has 11 rings (SSSR count). The van der Waals surface area contributed by atoms with Gasteiger partial charge in [-0.15, -0.1) is 0 Å². The van der Waals surface area contributed by atoms with Gasteiger partial charge in [-0.05, 0) is 90.0 Å². The average Bonchev–Trinajstić information content (AvgIpc) is 3.76. The summed E-state index contributed by atoms with van der Waals surface area (Å²) < 4.78 is 6.40. The van der Waals surface area contributed by atoms with E-state index in [0.717, 1.165) is 39.2 Å². The van der Waals surface area contributed by atoms with Crippen molar-refractivity contribution in [3.63, 3.8) is 0 Å². The zero-order chi connectivity index (χ0) is 36.5. The third-order valence-corrected chi connectivity index (χ3v) is 10.8. The normalized spacial score (nSPS) is 11.7. The standard InChI is InChI=1S/C50H32N4O/c55-50-41-22-7-10-23-44(41)51-49(33-14-3-1-4-15-33)54(50)38-19-13-18-37(32-38)53-46-25-12-9-21-40(46)43-31-35(27-29-48(43)53)34-26-28-47-42(30-34)39-20-8-11-24-45(39)52(47)36-16-5-2-6-17-36/h1-32H. The summed E-state index contributed by atoms with van der Waals surface area (Å²) in [6.07, 6.45) is 0. The zero-order valence-electron chi connectivity index (χ0n) is 29.7. The molecule has 0 saturated heterocycles. The van der Waals surface area contributed by atoms with Crippen LogP contribution in [0.4, 0.5) is 0 Å². The molecule has 8 aromatic carbocycles. The van der Waals surface area contributed by atoms with E-state index in [2.05, 4.69) is 137 Å². The molecular formula is C50H32N4O. The Hall–Kier alpha value is -7.50. The average molecular weight is 705 g/mol. The molecule has 5 heteroatoms. The minimum atomic E-state index is -0.0997. The first-order chi connectivity index (χ1) is 27.2. The number of aromatic nitrogens is 4. The lowest BCUT2D eigenvalue weighted by Crippen LogP contribution is -2.22. The number of nitrogens with zero attached hydrogens (tertiary/aromatic N) is 4. The van der Waals surface area contributed by atoms with Crippen molar-refractivity contribution in [1.82, 2.24) is 18.7 Å². The van der Waals surface area contributed by atoms with Gasteiger partial charge in [-0.1, -0.05) is 115 Å². The van der Waals surface area contributed by atoms with Crippen LogP contribution in [0.3, 0.4) is 0 Å². The maximum Gasteiger partial charge on any atom is 0.266 e. The summed E-state index contributed by atoms with van der Waals surface area (Å²) >= 11 is 0. The third kappa shape index (κ3) is 4.87. The number of para-hydroxylation sites is 4. The van der Waals surface area contributed by atoms with Gasteiger partial charge in [0.2, 0.25) is 0 Å². The highest BCUT2D eigenvalue weighted by Crippen LogP contribution is 2.38. The van der Waals surface area contributed by atoms with Crippen LogP contribution in [-0.4, -0.2) is 18.7 Å². The molecule has 5 nitrogen and oxygen atoms in total. The Morgan fingerprint density at radius 3 is 1.44 bits per heavy atom. The lowest BCUT2D eigenvalue weighted by molar-refractivity contribution is 0.972. The number of fused-ring (bicyclic) bond motifs is 7.